The van der Waals surface area contributed by atoms with E-state index in [2.05, 4.69) is 17.4 Å². The average molecular weight is 277 g/mol. The number of urea groups is 1. The molecule has 3 N–H and O–H groups in total. The van der Waals surface area contributed by atoms with Gasteiger partial charge in [0.05, 0.1) is 13.7 Å². The third-order valence-corrected chi connectivity index (χ3v) is 3.49. The standard InChI is InChI=1S/C14H19N3O3/c1-20-12-4-2-10(3-5-12)11-6-7-17(8-11)9-13(18)16-14(15)19/h2-5,11H,6-9H2,1H3,(H3,15,16,18,19)/t11-/m0/s1. The lowest BCUT2D eigenvalue weighted by molar-refractivity contribution is -0.120. The number of nitrogens with one attached hydrogen (secondary N) is 1. The summed E-state index contributed by atoms with van der Waals surface area (Å²) in [6.07, 6.45) is 0.996. The van der Waals surface area contributed by atoms with Crippen LogP contribution in [0.3, 0.4) is 0 Å². The normalized spacial score (nSPS) is 18.8. The van der Waals surface area contributed by atoms with Crippen LogP contribution in [-0.4, -0.2) is 43.6 Å². The zero-order valence-corrected chi connectivity index (χ0v) is 11.5. The summed E-state index contributed by atoms with van der Waals surface area (Å²) in [5.74, 6) is 0.889. The largest absolute Gasteiger partial charge is 0.497 e. The Morgan fingerprint density at radius 2 is 2.10 bits per heavy atom. The van der Waals surface area contributed by atoms with Gasteiger partial charge in [-0.25, -0.2) is 4.79 Å². The van der Waals surface area contributed by atoms with Gasteiger partial charge < -0.3 is 10.5 Å². The van der Waals surface area contributed by atoms with Crippen molar-refractivity contribution in [2.45, 2.75) is 12.3 Å². The Balaban J connectivity index is 1.88. The predicted octanol–water partition coefficient (Wildman–Crippen LogP) is 0.679. The molecule has 0 aromatic heterocycles. The molecule has 0 bridgehead atoms. The highest BCUT2D eigenvalue weighted by Gasteiger charge is 2.25. The van der Waals surface area contributed by atoms with Gasteiger partial charge in [-0.3, -0.25) is 15.0 Å². The van der Waals surface area contributed by atoms with E-state index in [0.29, 0.717) is 5.92 Å². The summed E-state index contributed by atoms with van der Waals surface area (Å²) < 4.78 is 5.14. The summed E-state index contributed by atoms with van der Waals surface area (Å²) in [5.41, 5.74) is 6.15. The van der Waals surface area contributed by atoms with Crippen LogP contribution < -0.4 is 15.8 Å². The second kappa shape index (κ2) is 6.38. The lowest BCUT2D eigenvalue weighted by Crippen LogP contribution is -2.41. The number of nitrogens with zero attached hydrogens (tertiary/aromatic N) is 1. The Hall–Kier alpha value is -2.08. The average Bonchev–Trinajstić information content (AvgIpc) is 2.86. The van der Waals surface area contributed by atoms with Crippen molar-refractivity contribution in [3.63, 3.8) is 0 Å². The zero-order valence-electron chi connectivity index (χ0n) is 11.5. The topological polar surface area (TPSA) is 84.7 Å². The second-order valence-electron chi connectivity index (χ2n) is 4.91. The predicted molar refractivity (Wildman–Crippen MR) is 74.5 cm³/mol. The van der Waals surface area contributed by atoms with Crippen LogP contribution in [-0.2, 0) is 4.79 Å². The van der Waals surface area contributed by atoms with Crippen LogP contribution >= 0.6 is 0 Å². The van der Waals surface area contributed by atoms with E-state index in [9.17, 15) is 9.59 Å². The van der Waals surface area contributed by atoms with Gasteiger partial charge in [0.25, 0.3) is 0 Å². The maximum atomic E-state index is 11.5. The maximum Gasteiger partial charge on any atom is 0.318 e. The number of carbonyl (C=O) groups is 2. The van der Waals surface area contributed by atoms with Crippen LogP contribution in [0.1, 0.15) is 17.9 Å². The van der Waals surface area contributed by atoms with Gasteiger partial charge in [-0.05, 0) is 36.6 Å². The highest BCUT2D eigenvalue weighted by Crippen LogP contribution is 2.28. The van der Waals surface area contributed by atoms with Gasteiger partial charge in [-0.1, -0.05) is 12.1 Å². The molecule has 0 aliphatic carbocycles. The van der Waals surface area contributed by atoms with Gasteiger partial charge in [0.1, 0.15) is 5.75 Å². The van der Waals surface area contributed by atoms with Crippen molar-refractivity contribution < 1.29 is 14.3 Å². The Morgan fingerprint density at radius 1 is 1.40 bits per heavy atom. The van der Waals surface area contributed by atoms with Crippen molar-refractivity contribution in [3.8, 4) is 5.75 Å². The lowest BCUT2D eigenvalue weighted by atomic mass is 9.98. The minimum Gasteiger partial charge on any atom is -0.497 e. The Labute approximate surface area is 117 Å². The SMILES string of the molecule is COc1ccc([C@H]2CCN(CC(=O)NC(N)=O)C2)cc1. The van der Waals surface area contributed by atoms with Gasteiger partial charge in [-0.2, -0.15) is 0 Å². The first kappa shape index (κ1) is 14.3. The van der Waals surface area contributed by atoms with Crippen molar-refractivity contribution in [3.05, 3.63) is 29.8 Å². The molecule has 0 spiro atoms. The van der Waals surface area contributed by atoms with E-state index in [1.54, 1.807) is 7.11 Å². The van der Waals surface area contributed by atoms with Crippen LogP contribution in [0.25, 0.3) is 0 Å². The van der Waals surface area contributed by atoms with Gasteiger partial charge >= 0.3 is 6.03 Å². The summed E-state index contributed by atoms with van der Waals surface area (Å²) >= 11 is 0. The number of ether oxygens (including phenoxy) is 1. The third kappa shape index (κ3) is 3.71. The van der Waals surface area contributed by atoms with Gasteiger partial charge in [0.2, 0.25) is 5.91 Å². The number of carbonyl (C=O) groups excluding carboxylic acids is 2. The molecular formula is C14H19N3O3. The third-order valence-electron chi connectivity index (χ3n) is 3.49. The minimum absolute atomic E-state index is 0.204. The molecule has 1 aliphatic rings. The smallest absolute Gasteiger partial charge is 0.318 e. The molecule has 1 aromatic rings. The van der Waals surface area contributed by atoms with Crippen molar-refractivity contribution in [1.82, 2.24) is 10.2 Å². The minimum atomic E-state index is -0.805. The molecule has 6 nitrogen and oxygen atoms in total. The van der Waals surface area contributed by atoms with E-state index >= 15 is 0 Å². The summed E-state index contributed by atoms with van der Waals surface area (Å²) in [7, 11) is 1.64. The van der Waals surface area contributed by atoms with Gasteiger partial charge in [0, 0.05) is 6.54 Å². The van der Waals surface area contributed by atoms with Gasteiger partial charge in [0.15, 0.2) is 0 Å². The van der Waals surface area contributed by atoms with Crippen molar-refractivity contribution >= 4 is 11.9 Å². The molecule has 0 unspecified atom stereocenters. The summed E-state index contributed by atoms with van der Waals surface area (Å²) in [6.45, 7) is 1.84. The molecular weight excluding hydrogens is 258 g/mol. The molecule has 1 saturated heterocycles. The van der Waals surface area contributed by atoms with E-state index in [0.717, 1.165) is 25.3 Å². The van der Waals surface area contributed by atoms with Crippen LogP contribution in [0.15, 0.2) is 24.3 Å². The molecule has 1 aliphatic heterocycles. The van der Waals surface area contributed by atoms with Crippen LogP contribution in [0.2, 0.25) is 0 Å². The van der Waals surface area contributed by atoms with Crippen LogP contribution in [0, 0.1) is 0 Å². The molecule has 1 fully saturated rings. The van der Waals surface area contributed by atoms with Crippen LogP contribution in [0.4, 0.5) is 4.79 Å². The first-order chi connectivity index (χ1) is 9.58. The van der Waals surface area contributed by atoms with Gasteiger partial charge in [-0.15, -0.1) is 0 Å². The lowest BCUT2D eigenvalue weighted by Gasteiger charge is -2.15. The first-order valence-corrected chi connectivity index (χ1v) is 6.54. The molecule has 108 valence electrons. The zero-order chi connectivity index (χ0) is 14.5. The molecule has 1 aromatic carbocycles. The van der Waals surface area contributed by atoms with Crippen molar-refractivity contribution in [2.75, 3.05) is 26.7 Å². The van der Waals surface area contributed by atoms with Crippen molar-refractivity contribution in [2.24, 2.45) is 5.73 Å². The van der Waals surface area contributed by atoms with Crippen molar-refractivity contribution in [1.29, 1.82) is 0 Å². The number of methoxy groups -OCH3 is 1. The second-order valence-corrected chi connectivity index (χ2v) is 4.91. The van der Waals surface area contributed by atoms with E-state index < -0.39 is 6.03 Å². The summed E-state index contributed by atoms with van der Waals surface area (Å²) in [5, 5.41) is 2.08. The highest BCUT2D eigenvalue weighted by molar-refractivity contribution is 5.94. The van der Waals surface area contributed by atoms with E-state index in [1.165, 1.54) is 5.56 Å². The molecule has 2 rings (SSSR count). The number of primary amides is 1. The Morgan fingerprint density at radius 3 is 2.70 bits per heavy atom. The number of hydrogen-bond donors (Lipinski definition) is 2. The molecule has 20 heavy (non-hydrogen) atoms. The van der Waals surface area contributed by atoms with E-state index in [4.69, 9.17) is 10.5 Å². The molecule has 3 amide bonds. The number of hydrogen-bond acceptors (Lipinski definition) is 4. The number of imide groups is 1. The fraction of sp³-hybridized carbons (Fsp3) is 0.429. The Bertz CT molecular complexity index is 487. The number of likely N-dealkylation sites (tertiary alicyclic amines) is 1. The molecule has 1 atom stereocenters. The number of rotatable bonds is 4. The number of amides is 3. The molecule has 6 heteroatoms. The summed E-state index contributed by atoms with van der Waals surface area (Å²) in [4.78, 5) is 24.1. The maximum absolute atomic E-state index is 11.5. The quantitative estimate of drug-likeness (QED) is 0.847. The fourth-order valence-corrected chi connectivity index (χ4v) is 2.50. The molecule has 0 saturated carbocycles. The van der Waals surface area contributed by atoms with Crippen LogP contribution in [0.5, 0.6) is 5.75 Å². The summed E-state index contributed by atoms with van der Waals surface area (Å²) in [6, 6.07) is 7.18. The number of benzene rings is 1. The molecule has 1 heterocycles. The monoisotopic (exact) mass is 277 g/mol. The highest BCUT2D eigenvalue weighted by atomic mass is 16.5. The Kier molecular flexibility index (Phi) is 4.57. The first-order valence-electron chi connectivity index (χ1n) is 6.54. The van der Waals surface area contributed by atoms with E-state index in [1.807, 2.05) is 17.0 Å². The number of nitrogens with two attached hydrogens (primary N) is 1. The van der Waals surface area contributed by atoms with E-state index in [-0.39, 0.29) is 12.5 Å². The molecule has 0 radical (unpaired) electrons. The fourth-order valence-electron chi connectivity index (χ4n) is 2.50.